The third-order valence-corrected chi connectivity index (χ3v) is 20.9. The summed E-state index contributed by atoms with van der Waals surface area (Å²) in [7, 11) is -9.91. The molecule has 0 spiro atoms. The first kappa shape index (κ1) is 98.1. The number of phosphoric ester groups is 2. The fourth-order valence-electron chi connectivity index (χ4n) is 12.6. The van der Waals surface area contributed by atoms with Crippen LogP contribution >= 0.6 is 15.6 Å². The first-order valence-corrected chi connectivity index (χ1v) is 45.1. The number of esters is 4. The lowest BCUT2D eigenvalue weighted by Crippen LogP contribution is -2.30. The Hall–Kier alpha value is -1.94. The maximum absolute atomic E-state index is 13.1. The average molecular weight is 1470 g/mol. The number of hydrogen-bond acceptors (Lipinski definition) is 15. The molecule has 0 rings (SSSR count). The molecule has 2 unspecified atom stereocenters. The quantitative estimate of drug-likeness (QED) is 0.0222. The van der Waals surface area contributed by atoms with Crippen LogP contribution in [-0.2, 0) is 65.4 Å². The number of carbonyl (C=O) groups is 4. The Labute approximate surface area is 613 Å². The second-order valence-corrected chi connectivity index (χ2v) is 32.5. The number of unbranched alkanes of at least 4 members (excludes halogenated alkanes) is 53. The van der Waals surface area contributed by atoms with Crippen molar-refractivity contribution in [3.05, 3.63) is 0 Å². The van der Waals surface area contributed by atoms with Gasteiger partial charge in [0.1, 0.15) is 19.3 Å². The van der Waals surface area contributed by atoms with E-state index < -0.39 is 97.5 Å². The molecule has 19 heteroatoms. The highest BCUT2D eigenvalue weighted by Crippen LogP contribution is 2.45. The molecule has 0 amide bonds. The summed E-state index contributed by atoms with van der Waals surface area (Å²) in [5.41, 5.74) is 0. The molecule has 3 N–H and O–H groups in total. The van der Waals surface area contributed by atoms with Crippen LogP contribution in [0.4, 0.5) is 0 Å². The molecule has 17 nitrogen and oxygen atoms in total. The lowest BCUT2D eigenvalue weighted by molar-refractivity contribution is -0.161. The number of aliphatic hydroxyl groups is 1. The van der Waals surface area contributed by atoms with Crippen LogP contribution in [0, 0.1) is 5.92 Å². The third-order valence-electron chi connectivity index (χ3n) is 19.0. The second-order valence-electron chi connectivity index (χ2n) is 29.6. The normalized spacial score (nSPS) is 13.8. The molecule has 0 saturated heterocycles. The van der Waals surface area contributed by atoms with Crippen molar-refractivity contribution in [2.45, 2.75) is 451 Å². The van der Waals surface area contributed by atoms with Gasteiger partial charge in [0.05, 0.1) is 26.4 Å². The number of rotatable bonds is 81. The molecule has 0 radical (unpaired) electrons. The lowest BCUT2D eigenvalue weighted by atomic mass is 10.0. The van der Waals surface area contributed by atoms with E-state index in [0.717, 1.165) is 102 Å². The minimum Gasteiger partial charge on any atom is -0.462 e. The number of carbonyl (C=O) groups excluding carboxylic acids is 4. The lowest BCUT2D eigenvalue weighted by Gasteiger charge is -2.21. The molecule has 5 atom stereocenters. The van der Waals surface area contributed by atoms with Crippen LogP contribution in [0.1, 0.15) is 433 Å². The van der Waals surface area contributed by atoms with E-state index in [-0.39, 0.29) is 25.7 Å². The average Bonchev–Trinajstić information content (AvgIpc) is 0.971. The van der Waals surface area contributed by atoms with Gasteiger partial charge in [-0.2, -0.15) is 0 Å². The summed E-state index contributed by atoms with van der Waals surface area (Å²) in [5.74, 6) is -1.30. The van der Waals surface area contributed by atoms with Crippen molar-refractivity contribution in [2.75, 3.05) is 39.6 Å². The number of ether oxygens (including phenoxy) is 4. The molecule has 0 saturated carbocycles. The molecule has 100 heavy (non-hydrogen) atoms. The molecular formula is C81H158O17P2. The van der Waals surface area contributed by atoms with Crippen LogP contribution < -0.4 is 0 Å². The van der Waals surface area contributed by atoms with Crippen molar-refractivity contribution in [2.24, 2.45) is 5.92 Å². The second kappa shape index (κ2) is 73.9. The van der Waals surface area contributed by atoms with Crippen LogP contribution in [-0.4, -0.2) is 96.7 Å². The Bertz CT molecular complexity index is 1910. The summed E-state index contributed by atoms with van der Waals surface area (Å²) >= 11 is 0. The molecule has 0 bridgehead atoms. The van der Waals surface area contributed by atoms with E-state index in [9.17, 15) is 43.2 Å². The van der Waals surface area contributed by atoms with Gasteiger partial charge < -0.3 is 33.8 Å². The van der Waals surface area contributed by atoms with E-state index >= 15 is 0 Å². The number of aliphatic hydroxyl groups excluding tert-OH is 1. The molecule has 0 heterocycles. The summed E-state index contributed by atoms with van der Waals surface area (Å²) < 4.78 is 68.6. The standard InChI is InChI=1S/C81H158O17P2/c1-6-9-12-15-18-21-23-25-27-28-29-30-31-34-39-43-47-52-57-62-67-81(86)98-77(71-92-79(84)65-60-55-50-45-41-38-35-32-33-36-40-44-48-53-58-63-74(4)5)73-96-100(89,90)94-69-75(82)68-93-99(87,88)95-72-76(70-91-78(83)64-59-54-49-20-17-14-11-8-3)97-80(85)66-61-56-51-46-42-37-26-24-22-19-16-13-10-7-2/h74-77,82H,6-73H2,1-5H3,(H,87,88)(H,89,90)/t75-,76+,77+/m0/s1. The van der Waals surface area contributed by atoms with Gasteiger partial charge in [-0.15, -0.1) is 0 Å². The molecule has 0 aromatic rings. The van der Waals surface area contributed by atoms with E-state index in [0.29, 0.717) is 25.7 Å². The van der Waals surface area contributed by atoms with Gasteiger partial charge in [0.15, 0.2) is 12.2 Å². The molecule has 0 aromatic carbocycles. The van der Waals surface area contributed by atoms with Gasteiger partial charge in [0.25, 0.3) is 0 Å². The molecule has 0 aliphatic rings. The van der Waals surface area contributed by atoms with Crippen molar-refractivity contribution in [3.63, 3.8) is 0 Å². The van der Waals surface area contributed by atoms with Gasteiger partial charge in [0, 0.05) is 25.7 Å². The molecule has 0 aromatic heterocycles. The smallest absolute Gasteiger partial charge is 0.462 e. The highest BCUT2D eigenvalue weighted by Gasteiger charge is 2.30. The van der Waals surface area contributed by atoms with E-state index in [1.165, 1.54) is 250 Å². The van der Waals surface area contributed by atoms with Gasteiger partial charge in [-0.05, 0) is 31.6 Å². The van der Waals surface area contributed by atoms with Crippen molar-refractivity contribution in [1.82, 2.24) is 0 Å². The Kier molecular flexibility index (Phi) is 72.5. The van der Waals surface area contributed by atoms with Crippen LogP contribution in [0.25, 0.3) is 0 Å². The SMILES string of the molecule is CCCCCCCCCCCCCCCCCCCCCCC(=O)O[C@H](COC(=O)CCCCCCCCCCCCCCCCCC(C)C)COP(=O)(O)OC[C@@H](O)COP(=O)(O)OC[C@@H](COC(=O)CCCCCCCCCC)OC(=O)CCCCCCCCCCCCCCCC. The van der Waals surface area contributed by atoms with Crippen molar-refractivity contribution in [1.29, 1.82) is 0 Å². The summed E-state index contributed by atoms with van der Waals surface area (Å²) in [6.07, 6.45) is 65.3. The van der Waals surface area contributed by atoms with E-state index in [1.807, 2.05) is 0 Å². The van der Waals surface area contributed by atoms with Crippen molar-refractivity contribution >= 4 is 39.5 Å². The van der Waals surface area contributed by atoms with Crippen LogP contribution in [0.15, 0.2) is 0 Å². The Morgan fingerprint density at radius 1 is 0.270 bits per heavy atom. The van der Waals surface area contributed by atoms with Gasteiger partial charge in [-0.1, -0.05) is 381 Å². The fraction of sp³-hybridized carbons (Fsp3) is 0.951. The molecular weight excluding hydrogens is 1310 g/mol. The molecule has 0 aliphatic carbocycles. The van der Waals surface area contributed by atoms with Gasteiger partial charge >= 0.3 is 39.5 Å². The minimum absolute atomic E-state index is 0.108. The largest absolute Gasteiger partial charge is 0.472 e. The minimum atomic E-state index is -4.96. The number of hydrogen-bond donors (Lipinski definition) is 3. The fourth-order valence-corrected chi connectivity index (χ4v) is 14.2. The molecule has 0 fully saturated rings. The summed E-state index contributed by atoms with van der Waals surface area (Å²) in [5, 5.41) is 10.6. The van der Waals surface area contributed by atoms with E-state index in [1.54, 1.807) is 0 Å². The van der Waals surface area contributed by atoms with E-state index in [2.05, 4.69) is 34.6 Å². The zero-order valence-corrected chi connectivity index (χ0v) is 67.1. The Morgan fingerprint density at radius 3 is 0.680 bits per heavy atom. The number of phosphoric acid groups is 2. The van der Waals surface area contributed by atoms with Gasteiger partial charge in [0.2, 0.25) is 0 Å². The van der Waals surface area contributed by atoms with E-state index in [4.69, 9.17) is 37.0 Å². The maximum Gasteiger partial charge on any atom is 0.472 e. The highest BCUT2D eigenvalue weighted by atomic mass is 31.2. The van der Waals surface area contributed by atoms with Crippen LogP contribution in [0.5, 0.6) is 0 Å². The monoisotopic (exact) mass is 1470 g/mol. The summed E-state index contributed by atoms with van der Waals surface area (Å²) in [6.45, 7) is 7.33. The Morgan fingerprint density at radius 2 is 0.460 bits per heavy atom. The van der Waals surface area contributed by atoms with Crippen LogP contribution in [0.2, 0.25) is 0 Å². The molecule has 594 valence electrons. The van der Waals surface area contributed by atoms with Gasteiger partial charge in [-0.25, -0.2) is 9.13 Å². The predicted octanol–water partition coefficient (Wildman–Crippen LogP) is 24.4. The highest BCUT2D eigenvalue weighted by molar-refractivity contribution is 7.47. The zero-order chi connectivity index (χ0) is 73.4. The third kappa shape index (κ3) is 74.3. The summed E-state index contributed by atoms with van der Waals surface area (Å²) in [4.78, 5) is 72.9. The topological polar surface area (TPSA) is 237 Å². The summed E-state index contributed by atoms with van der Waals surface area (Å²) in [6, 6.07) is 0. The molecule has 0 aliphatic heterocycles. The first-order valence-electron chi connectivity index (χ1n) is 42.1. The maximum atomic E-state index is 13.1. The van der Waals surface area contributed by atoms with Crippen molar-refractivity contribution < 1.29 is 80.2 Å². The first-order chi connectivity index (χ1) is 48.5. The Balaban J connectivity index is 5.19. The zero-order valence-electron chi connectivity index (χ0n) is 65.3. The van der Waals surface area contributed by atoms with Gasteiger partial charge in [-0.3, -0.25) is 37.3 Å². The van der Waals surface area contributed by atoms with Crippen molar-refractivity contribution in [3.8, 4) is 0 Å². The van der Waals surface area contributed by atoms with Crippen LogP contribution in [0.3, 0.4) is 0 Å². The predicted molar refractivity (Wildman–Crippen MR) is 409 cm³/mol.